The summed E-state index contributed by atoms with van der Waals surface area (Å²) in [4.78, 5) is 2.22. The van der Waals surface area contributed by atoms with Crippen LogP contribution in [-0.4, -0.2) is 25.3 Å². The fourth-order valence-corrected chi connectivity index (χ4v) is 3.42. The minimum atomic E-state index is 0.169. The number of hydrogen-bond donors (Lipinski definition) is 0. The van der Waals surface area contributed by atoms with Crippen molar-refractivity contribution in [2.75, 3.05) is 24.6 Å². The Hall–Kier alpha value is -0.150. The van der Waals surface area contributed by atoms with Crippen LogP contribution in [0.2, 0.25) is 15.1 Å². The van der Waals surface area contributed by atoms with Crippen molar-refractivity contribution in [3.05, 3.63) is 27.2 Å². The highest BCUT2D eigenvalue weighted by atomic mass is 35.5. The molecule has 17 heavy (non-hydrogen) atoms. The van der Waals surface area contributed by atoms with Gasteiger partial charge in [0.25, 0.3) is 0 Å². The van der Waals surface area contributed by atoms with Crippen LogP contribution in [0.1, 0.15) is 12.8 Å². The highest BCUT2D eigenvalue weighted by Gasteiger charge is 2.46. The number of rotatable bonds is 1. The molecule has 2 aliphatic heterocycles. The number of anilines is 1. The van der Waals surface area contributed by atoms with Crippen molar-refractivity contribution in [1.29, 1.82) is 0 Å². The summed E-state index contributed by atoms with van der Waals surface area (Å²) < 4.78 is 5.49. The molecule has 3 rings (SSSR count). The molecule has 1 aromatic carbocycles. The molecule has 0 radical (unpaired) electrons. The molecule has 0 amide bonds. The molecule has 2 nitrogen and oxygen atoms in total. The molecule has 1 aromatic rings. The zero-order valence-electron chi connectivity index (χ0n) is 9.18. The van der Waals surface area contributed by atoms with E-state index in [-0.39, 0.29) is 5.60 Å². The van der Waals surface area contributed by atoms with Crippen molar-refractivity contribution in [2.24, 2.45) is 0 Å². The van der Waals surface area contributed by atoms with E-state index in [9.17, 15) is 0 Å². The Morgan fingerprint density at radius 3 is 2.06 bits per heavy atom. The lowest BCUT2D eigenvalue weighted by molar-refractivity contribution is 0.259. The van der Waals surface area contributed by atoms with Crippen molar-refractivity contribution in [3.8, 4) is 0 Å². The van der Waals surface area contributed by atoms with Gasteiger partial charge in [0.1, 0.15) is 0 Å². The van der Waals surface area contributed by atoms with Crippen molar-refractivity contribution in [2.45, 2.75) is 18.4 Å². The van der Waals surface area contributed by atoms with Gasteiger partial charge in [-0.2, -0.15) is 0 Å². The summed E-state index contributed by atoms with van der Waals surface area (Å²) in [5, 5.41) is 1.81. The molecule has 92 valence electrons. The van der Waals surface area contributed by atoms with Crippen LogP contribution in [0.4, 0.5) is 5.69 Å². The van der Waals surface area contributed by atoms with Gasteiger partial charge < -0.3 is 9.64 Å². The molecule has 2 fully saturated rings. The molecule has 0 bridgehead atoms. The number of hydrogen-bond acceptors (Lipinski definition) is 2. The molecule has 5 heteroatoms. The van der Waals surface area contributed by atoms with Crippen molar-refractivity contribution >= 4 is 40.5 Å². The minimum absolute atomic E-state index is 0.169. The van der Waals surface area contributed by atoms with Crippen LogP contribution >= 0.6 is 34.8 Å². The summed E-state index contributed by atoms with van der Waals surface area (Å²) in [6.45, 7) is 2.77. The number of halogens is 3. The van der Waals surface area contributed by atoms with Gasteiger partial charge in [-0.1, -0.05) is 34.8 Å². The van der Waals surface area contributed by atoms with E-state index in [2.05, 4.69) is 4.90 Å². The van der Waals surface area contributed by atoms with Crippen LogP contribution in [0.25, 0.3) is 0 Å². The number of benzene rings is 1. The van der Waals surface area contributed by atoms with E-state index >= 15 is 0 Å². The third-order valence-corrected chi connectivity index (χ3v) is 4.32. The maximum atomic E-state index is 6.21. The second-order valence-corrected chi connectivity index (χ2v) is 5.93. The number of epoxide rings is 1. The minimum Gasteiger partial charge on any atom is -0.369 e. The van der Waals surface area contributed by atoms with Crippen LogP contribution in [0.5, 0.6) is 0 Å². The summed E-state index contributed by atoms with van der Waals surface area (Å²) in [5.41, 5.74) is 1.07. The lowest BCUT2D eigenvalue weighted by atomic mass is 9.97. The fourth-order valence-electron chi connectivity index (χ4n) is 2.37. The van der Waals surface area contributed by atoms with E-state index in [1.807, 2.05) is 0 Å². The molecular weight excluding hydrogens is 280 g/mol. The lowest BCUT2D eigenvalue weighted by Crippen LogP contribution is -2.38. The average Bonchev–Trinajstić information content (AvgIpc) is 3.00. The second kappa shape index (κ2) is 4.20. The highest BCUT2D eigenvalue weighted by molar-refractivity contribution is 6.41. The summed E-state index contributed by atoms with van der Waals surface area (Å²) in [6.07, 6.45) is 2.09. The Morgan fingerprint density at radius 2 is 1.59 bits per heavy atom. The zero-order valence-corrected chi connectivity index (χ0v) is 11.4. The Bertz CT molecular complexity index is 426. The largest absolute Gasteiger partial charge is 0.369 e. The summed E-state index contributed by atoms with van der Waals surface area (Å²) in [5.74, 6) is 0. The quantitative estimate of drug-likeness (QED) is 0.727. The first-order valence-electron chi connectivity index (χ1n) is 5.63. The van der Waals surface area contributed by atoms with Gasteiger partial charge in [-0.25, -0.2) is 0 Å². The maximum Gasteiger partial charge on any atom is 0.0950 e. The standard InChI is InChI=1S/C12H12Cl3NO/c13-8-5-9(14)11(10(15)6-8)16-3-1-12(2-4-16)7-17-12/h5-6H,1-4,7H2. The predicted molar refractivity (Wildman–Crippen MR) is 71.6 cm³/mol. The molecule has 1 spiro atoms. The van der Waals surface area contributed by atoms with Crippen LogP contribution in [0.3, 0.4) is 0 Å². The lowest BCUT2D eigenvalue weighted by Gasteiger charge is -2.33. The predicted octanol–water partition coefficient (Wildman–Crippen LogP) is 4.02. The Kier molecular flexibility index (Phi) is 2.94. The topological polar surface area (TPSA) is 15.8 Å². The fraction of sp³-hybridized carbons (Fsp3) is 0.500. The van der Waals surface area contributed by atoms with Gasteiger partial charge in [0.2, 0.25) is 0 Å². The first-order chi connectivity index (χ1) is 8.10. The molecular formula is C12H12Cl3NO. The van der Waals surface area contributed by atoms with E-state index in [1.54, 1.807) is 12.1 Å². The Labute approximate surface area is 115 Å². The van der Waals surface area contributed by atoms with Gasteiger partial charge in [0.15, 0.2) is 0 Å². The van der Waals surface area contributed by atoms with Crippen LogP contribution in [-0.2, 0) is 4.74 Å². The normalized spacial score (nSPS) is 21.9. The van der Waals surface area contributed by atoms with Crippen molar-refractivity contribution in [3.63, 3.8) is 0 Å². The Balaban J connectivity index is 1.84. The Morgan fingerprint density at radius 1 is 1.06 bits per heavy atom. The van der Waals surface area contributed by atoms with Crippen LogP contribution < -0.4 is 4.90 Å². The zero-order chi connectivity index (χ0) is 12.0. The molecule has 2 saturated heterocycles. The molecule has 0 N–H and O–H groups in total. The monoisotopic (exact) mass is 291 g/mol. The molecule has 0 aromatic heterocycles. The van der Waals surface area contributed by atoms with E-state index in [1.165, 1.54) is 0 Å². The molecule has 2 aliphatic rings. The van der Waals surface area contributed by atoms with Gasteiger partial charge in [-0.15, -0.1) is 0 Å². The number of ether oxygens (including phenoxy) is 1. The van der Waals surface area contributed by atoms with Gasteiger partial charge in [-0.05, 0) is 25.0 Å². The van der Waals surface area contributed by atoms with Crippen LogP contribution in [0, 0.1) is 0 Å². The highest BCUT2D eigenvalue weighted by Crippen LogP contribution is 2.42. The van der Waals surface area contributed by atoms with E-state index in [0.717, 1.165) is 38.2 Å². The molecule has 0 aliphatic carbocycles. The summed E-state index contributed by atoms with van der Waals surface area (Å²) in [7, 11) is 0. The molecule has 0 unspecified atom stereocenters. The summed E-state index contributed by atoms with van der Waals surface area (Å²) >= 11 is 18.3. The molecule has 0 saturated carbocycles. The van der Waals surface area contributed by atoms with Gasteiger partial charge >= 0.3 is 0 Å². The SMILES string of the molecule is Clc1cc(Cl)c(N2CCC3(CC2)CO3)c(Cl)c1. The van der Waals surface area contributed by atoms with Gasteiger partial charge in [-0.3, -0.25) is 0 Å². The molecule has 0 atom stereocenters. The van der Waals surface area contributed by atoms with Crippen molar-refractivity contribution < 1.29 is 4.74 Å². The first-order valence-corrected chi connectivity index (χ1v) is 6.77. The maximum absolute atomic E-state index is 6.21. The first kappa shape index (κ1) is 11.9. The van der Waals surface area contributed by atoms with Crippen molar-refractivity contribution in [1.82, 2.24) is 0 Å². The average molecular weight is 293 g/mol. The van der Waals surface area contributed by atoms with E-state index < -0.39 is 0 Å². The van der Waals surface area contributed by atoms with E-state index in [4.69, 9.17) is 39.5 Å². The number of piperidine rings is 1. The molecule has 2 heterocycles. The van der Waals surface area contributed by atoms with Gasteiger partial charge in [0.05, 0.1) is 27.9 Å². The third-order valence-electron chi connectivity index (χ3n) is 3.53. The van der Waals surface area contributed by atoms with Crippen LogP contribution in [0.15, 0.2) is 12.1 Å². The summed E-state index contributed by atoms with van der Waals surface area (Å²) in [6, 6.07) is 3.48. The van der Waals surface area contributed by atoms with Gasteiger partial charge in [0, 0.05) is 18.1 Å². The van der Waals surface area contributed by atoms with E-state index in [0.29, 0.717) is 15.1 Å². The number of nitrogens with zero attached hydrogens (tertiary/aromatic N) is 1. The third kappa shape index (κ3) is 2.24. The second-order valence-electron chi connectivity index (χ2n) is 4.68. The smallest absolute Gasteiger partial charge is 0.0950 e.